The molecule has 1 fully saturated rings. The van der Waals surface area contributed by atoms with Crippen LogP contribution in [-0.2, 0) is 4.74 Å². The molecule has 1 amide bonds. The molecule has 1 aromatic rings. The van der Waals surface area contributed by atoms with Crippen LogP contribution in [0.5, 0.6) is 0 Å². The van der Waals surface area contributed by atoms with E-state index >= 15 is 0 Å². The highest BCUT2D eigenvalue weighted by atomic mass is 35.5. The van der Waals surface area contributed by atoms with Gasteiger partial charge in [-0.05, 0) is 39.3 Å². The summed E-state index contributed by atoms with van der Waals surface area (Å²) in [5.74, 6) is -0.218. The van der Waals surface area contributed by atoms with Gasteiger partial charge in [-0.25, -0.2) is 4.79 Å². The number of amides is 1. The lowest BCUT2D eigenvalue weighted by molar-refractivity contribution is 0.0289. The highest BCUT2D eigenvalue weighted by molar-refractivity contribution is 6.34. The van der Waals surface area contributed by atoms with Crippen molar-refractivity contribution in [3.05, 3.63) is 34.9 Å². The molecule has 1 aliphatic heterocycles. The van der Waals surface area contributed by atoms with Crippen molar-refractivity contribution < 1.29 is 14.3 Å². The van der Waals surface area contributed by atoms with Gasteiger partial charge < -0.3 is 9.64 Å². The van der Waals surface area contributed by atoms with Crippen molar-refractivity contribution in [3.8, 4) is 0 Å². The van der Waals surface area contributed by atoms with E-state index in [4.69, 9.17) is 16.3 Å². The van der Waals surface area contributed by atoms with E-state index in [1.54, 1.807) is 29.2 Å². The van der Waals surface area contributed by atoms with E-state index in [1.807, 2.05) is 20.8 Å². The van der Waals surface area contributed by atoms with Crippen LogP contribution in [0, 0.1) is 5.92 Å². The van der Waals surface area contributed by atoms with E-state index < -0.39 is 5.60 Å². The molecule has 0 radical (unpaired) electrons. The molecule has 1 unspecified atom stereocenters. The third kappa shape index (κ3) is 3.97. The highest BCUT2D eigenvalue weighted by Crippen LogP contribution is 2.26. The standard InChI is InChI=1S/C16H20ClNO3/c1-16(2,3)21-15(20)18-9-8-11(10-18)14(19)12-6-4-5-7-13(12)17/h4-7,11H,8-10H2,1-3H3. The number of benzene rings is 1. The summed E-state index contributed by atoms with van der Waals surface area (Å²) in [7, 11) is 0. The number of rotatable bonds is 2. The summed E-state index contributed by atoms with van der Waals surface area (Å²) in [6, 6.07) is 7.01. The van der Waals surface area contributed by atoms with Crippen LogP contribution in [0.25, 0.3) is 0 Å². The number of carbonyl (C=O) groups excluding carboxylic acids is 2. The first-order chi connectivity index (χ1) is 9.78. The van der Waals surface area contributed by atoms with E-state index in [-0.39, 0.29) is 17.8 Å². The Bertz CT molecular complexity index is 551. The number of hydrogen-bond donors (Lipinski definition) is 0. The van der Waals surface area contributed by atoms with Gasteiger partial charge in [0.1, 0.15) is 5.60 Å². The van der Waals surface area contributed by atoms with Crippen LogP contribution in [0.15, 0.2) is 24.3 Å². The van der Waals surface area contributed by atoms with Gasteiger partial charge in [-0.15, -0.1) is 0 Å². The largest absolute Gasteiger partial charge is 0.444 e. The molecule has 0 bridgehead atoms. The van der Waals surface area contributed by atoms with Crippen molar-refractivity contribution in [1.29, 1.82) is 0 Å². The Hall–Kier alpha value is -1.55. The third-order valence-corrected chi connectivity index (χ3v) is 3.68. The predicted octanol–water partition coefficient (Wildman–Crippen LogP) is 3.78. The Kier molecular flexibility index (Phi) is 4.57. The number of Topliss-reactive ketones (excluding diaryl/α,β-unsaturated/α-hetero) is 1. The molecule has 4 nitrogen and oxygen atoms in total. The third-order valence-electron chi connectivity index (χ3n) is 3.35. The zero-order valence-corrected chi connectivity index (χ0v) is 13.3. The van der Waals surface area contributed by atoms with Gasteiger partial charge in [-0.1, -0.05) is 23.7 Å². The maximum Gasteiger partial charge on any atom is 0.410 e. The quantitative estimate of drug-likeness (QED) is 0.781. The van der Waals surface area contributed by atoms with Crippen LogP contribution in [-0.4, -0.2) is 35.5 Å². The normalized spacial score (nSPS) is 18.7. The van der Waals surface area contributed by atoms with Crippen LogP contribution < -0.4 is 0 Å². The smallest absolute Gasteiger partial charge is 0.410 e. The summed E-state index contributed by atoms with van der Waals surface area (Å²) in [5, 5.41) is 0.457. The molecule has 0 spiro atoms. The Morgan fingerprint density at radius 2 is 1.95 bits per heavy atom. The topological polar surface area (TPSA) is 46.6 Å². The molecule has 1 heterocycles. The van der Waals surface area contributed by atoms with E-state index in [0.717, 1.165) is 0 Å². The number of carbonyl (C=O) groups is 2. The van der Waals surface area contributed by atoms with Crippen LogP contribution in [0.2, 0.25) is 5.02 Å². The van der Waals surface area contributed by atoms with Crippen LogP contribution in [0.4, 0.5) is 4.79 Å². The molecule has 1 saturated heterocycles. The number of halogens is 1. The van der Waals surface area contributed by atoms with Crippen LogP contribution in [0.1, 0.15) is 37.6 Å². The molecule has 114 valence electrons. The van der Waals surface area contributed by atoms with Crippen molar-refractivity contribution in [1.82, 2.24) is 4.90 Å². The zero-order valence-electron chi connectivity index (χ0n) is 12.6. The second-order valence-electron chi connectivity index (χ2n) is 6.26. The summed E-state index contributed by atoms with van der Waals surface area (Å²) in [6.45, 7) is 6.41. The summed E-state index contributed by atoms with van der Waals surface area (Å²) in [6.07, 6.45) is 0.278. The summed E-state index contributed by atoms with van der Waals surface area (Å²) < 4.78 is 5.33. The molecular formula is C16H20ClNO3. The van der Waals surface area contributed by atoms with Crippen LogP contribution >= 0.6 is 11.6 Å². The van der Waals surface area contributed by atoms with Gasteiger partial charge in [-0.2, -0.15) is 0 Å². The second kappa shape index (κ2) is 6.06. The fraction of sp³-hybridized carbons (Fsp3) is 0.500. The molecule has 0 aromatic heterocycles. The van der Waals surface area contributed by atoms with Crippen molar-refractivity contribution in [3.63, 3.8) is 0 Å². The lowest BCUT2D eigenvalue weighted by Gasteiger charge is -2.24. The molecule has 0 aliphatic carbocycles. The molecule has 0 saturated carbocycles. The highest BCUT2D eigenvalue weighted by Gasteiger charge is 2.34. The minimum atomic E-state index is -0.526. The Balaban J connectivity index is 2.01. The Morgan fingerprint density at radius 3 is 2.57 bits per heavy atom. The maximum atomic E-state index is 12.5. The molecule has 1 aliphatic rings. The molecular weight excluding hydrogens is 290 g/mol. The SMILES string of the molecule is CC(C)(C)OC(=O)N1CCC(C(=O)c2ccccc2Cl)C1. The first-order valence-corrected chi connectivity index (χ1v) is 7.42. The second-order valence-corrected chi connectivity index (χ2v) is 6.66. The lowest BCUT2D eigenvalue weighted by Crippen LogP contribution is -2.35. The first-order valence-electron chi connectivity index (χ1n) is 7.04. The van der Waals surface area contributed by atoms with E-state index in [1.165, 1.54) is 0 Å². The molecule has 21 heavy (non-hydrogen) atoms. The number of nitrogens with zero attached hydrogens (tertiary/aromatic N) is 1. The number of hydrogen-bond acceptors (Lipinski definition) is 3. The molecule has 2 rings (SSSR count). The van der Waals surface area contributed by atoms with Crippen molar-refractivity contribution in [2.24, 2.45) is 5.92 Å². The number of likely N-dealkylation sites (tertiary alicyclic amines) is 1. The molecule has 1 aromatic carbocycles. The maximum absolute atomic E-state index is 12.5. The van der Waals surface area contributed by atoms with Gasteiger partial charge in [0.2, 0.25) is 0 Å². The average molecular weight is 310 g/mol. The molecule has 0 N–H and O–H groups in total. The number of ketones is 1. The van der Waals surface area contributed by atoms with Gasteiger partial charge >= 0.3 is 6.09 Å². The zero-order chi connectivity index (χ0) is 15.6. The van der Waals surface area contributed by atoms with E-state index in [0.29, 0.717) is 30.1 Å². The Morgan fingerprint density at radius 1 is 1.29 bits per heavy atom. The molecule has 1 atom stereocenters. The van der Waals surface area contributed by atoms with Gasteiger partial charge in [-0.3, -0.25) is 4.79 Å². The molecule has 5 heteroatoms. The lowest BCUT2D eigenvalue weighted by atomic mass is 9.97. The minimum Gasteiger partial charge on any atom is -0.444 e. The summed E-state index contributed by atoms with van der Waals surface area (Å²) in [5.41, 5.74) is -0.00254. The fourth-order valence-electron chi connectivity index (χ4n) is 2.35. The minimum absolute atomic E-state index is 0.00772. The first kappa shape index (κ1) is 15.8. The van der Waals surface area contributed by atoms with Crippen LogP contribution in [0.3, 0.4) is 0 Å². The van der Waals surface area contributed by atoms with E-state index in [2.05, 4.69) is 0 Å². The summed E-state index contributed by atoms with van der Waals surface area (Å²) in [4.78, 5) is 26.0. The van der Waals surface area contributed by atoms with E-state index in [9.17, 15) is 9.59 Å². The van der Waals surface area contributed by atoms with Gasteiger partial charge in [0.25, 0.3) is 0 Å². The fourth-order valence-corrected chi connectivity index (χ4v) is 2.58. The predicted molar refractivity (Wildman–Crippen MR) is 81.7 cm³/mol. The average Bonchev–Trinajstić information content (AvgIpc) is 2.86. The van der Waals surface area contributed by atoms with Crippen molar-refractivity contribution in [2.45, 2.75) is 32.8 Å². The van der Waals surface area contributed by atoms with Gasteiger partial charge in [0, 0.05) is 24.6 Å². The number of ether oxygens (including phenoxy) is 1. The van der Waals surface area contributed by atoms with Crippen molar-refractivity contribution >= 4 is 23.5 Å². The monoisotopic (exact) mass is 309 g/mol. The van der Waals surface area contributed by atoms with Crippen molar-refractivity contribution in [2.75, 3.05) is 13.1 Å². The van der Waals surface area contributed by atoms with Gasteiger partial charge in [0.05, 0.1) is 5.02 Å². The Labute approximate surface area is 130 Å². The van der Waals surface area contributed by atoms with Gasteiger partial charge in [0.15, 0.2) is 5.78 Å². The summed E-state index contributed by atoms with van der Waals surface area (Å²) >= 11 is 6.06.